The first-order chi connectivity index (χ1) is 23.7. The zero-order valence-corrected chi connectivity index (χ0v) is 27.4. The first-order valence-electron chi connectivity index (χ1n) is 16.9. The third-order valence-electron chi connectivity index (χ3n) is 11.2. The molecule has 2 heterocycles. The number of carbonyl (C=O) groups excluding carboxylic acids is 4. The van der Waals surface area contributed by atoms with E-state index in [-0.39, 0.29) is 42.3 Å². The molecule has 2 aliphatic heterocycles. The minimum Gasteiger partial charge on any atom is -0.508 e. The van der Waals surface area contributed by atoms with Crippen LogP contribution in [0.25, 0.3) is 0 Å². The molecule has 0 bridgehead atoms. The van der Waals surface area contributed by atoms with Gasteiger partial charge in [0.2, 0.25) is 11.8 Å². The predicted molar refractivity (Wildman–Crippen MR) is 184 cm³/mol. The molecule has 1 saturated carbocycles. The highest BCUT2D eigenvalue weighted by Gasteiger charge is 2.70. The first-order valence-corrected chi connectivity index (χ1v) is 16.9. The lowest BCUT2D eigenvalue weighted by molar-refractivity contribution is -0.142. The summed E-state index contributed by atoms with van der Waals surface area (Å²) >= 11 is 0. The van der Waals surface area contributed by atoms with Crippen LogP contribution < -0.4 is 5.43 Å². The minimum absolute atomic E-state index is 0.128. The Labute approximate surface area is 285 Å². The Balaban J connectivity index is 1.29. The van der Waals surface area contributed by atoms with E-state index in [0.29, 0.717) is 23.2 Å². The number of likely N-dealkylation sites (tertiary alicyclic amines) is 1. The number of hydrazine groups is 1. The van der Waals surface area contributed by atoms with Crippen molar-refractivity contribution in [3.05, 3.63) is 143 Å². The smallest absolute Gasteiger partial charge is 0.260 e. The quantitative estimate of drug-likeness (QED) is 0.190. The summed E-state index contributed by atoms with van der Waals surface area (Å²) < 4.78 is 0. The molecule has 0 radical (unpaired) electrons. The Morgan fingerprint density at radius 3 is 2.18 bits per heavy atom. The average Bonchev–Trinajstić information content (AvgIpc) is 3.48. The third kappa shape index (κ3) is 4.65. The monoisotopic (exact) mass is 651 g/mol. The highest BCUT2D eigenvalue weighted by atomic mass is 16.3. The number of amides is 4. The van der Waals surface area contributed by atoms with E-state index in [1.54, 1.807) is 6.07 Å². The summed E-state index contributed by atoms with van der Waals surface area (Å²) in [7, 11) is 0. The Kier molecular flexibility index (Phi) is 7.28. The maximum Gasteiger partial charge on any atom is 0.260 e. The van der Waals surface area contributed by atoms with Crippen molar-refractivity contribution in [2.24, 2.45) is 23.7 Å². The summed E-state index contributed by atoms with van der Waals surface area (Å²) in [5, 5.41) is 11.7. The van der Waals surface area contributed by atoms with Gasteiger partial charge in [-0.15, -0.1) is 0 Å². The number of hydrogen-bond donors (Lipinski definition) is 2. The number of anilines is 1. The molecule has 2 saturated heterocycles. The molecule has 0 spiro atoms. The maximum atomic E-state index is 15.2. The van der Waals surface area contributed by atoms with E-state index in [0.717, 1.165) is 22.3 Å². The zero-order valence-electron chi connectivity index (χ0n) is 27.4. The van der Waals surface area contributed by atoms with Gasteiger partial charge in [-0.05, 0) is 73.1 Å². The Morgan fingerprint density at radius 2 is 1.49 bits per heavy atom. The van der Waals surface area contributed by atoms with E-state index in [1.165, 1.54) is 9.91 Å². The number of aryl methyl sites for hydroxylation is 2. The second-order valence-electron chi connectivity index (χ2n) is 13.9. The topological polar surface area (TPSA) is 107 Å². The Hall–Kier alpha value is -5.50. The summed E-state index contributed by atoms with van der Waals surface area (Å²) in [6.07, 6.45) is 2.66. The van der Waals surface area contributed by atoms with Crippen molar-refractivity contribution in [2.45, 2.75) is 44.6 Å². The van der Waals surface area contributed by atoms with Crippen LogP contribution in [0.3, 0.4) is 0 Å². The number of rotatable bonds is 6. The predicted octanol–water partition coefficient (Wildman–Crippen LogP) is 6.19. The molecule has 4 aromatic rings. The summed E-state index contributed by atoms with van der Waals surface area (Å²) in [6, 6.07) is 31.8. The number of nitrogens with zero attached hydrogens (tertiary/aromatic N) is 2. The van der Waals surface area contributed by atoms with Crippen LogP contribution in [0.4, 0.5) is 5.69 Å². The van der Waals surface area contributed by atoms with Gasteiger partial charge in [0.05, 0.1) is 35.4 Å². The summed E-state index contributed by atoms with van der Waals surface area (Å²) in [5.41, 5.74) is 7.33. The molecule has 0 aromatic heterocycles. The molecular formula is C41H37N3O5. The Morgan fingerprint density at radius 1 is 0.796 bits per heavy atom. The van der Waals surface area contributed by atoms with Gasteiger partial charge in [-0.3, -0.25) is 29.5 Å². The molecule has 2 N–H and O–H groups in total. The molecular weight excluding hydrogens is 614 g/mol. The SMILES string of the molecule is Cc1ccc(NN2C(=O)C3CC4C(=CCC5C(=O)N(Cc6ccccc6)C(=O)C54)C(c4ccc(O)c(C)c4)C3(c3ccccc3)C2=O)cc1. The minimum atomic E-state index is -1.34. The van der Waals surface area contributed by atoms with Gasteiger partial charge in [-0.1, -0.05) is 102 Å². The third-order valence-corrected chi connectivity index (χ3v) is 11.2. The highest BCUT2D eigenvalue weighted by molar-refractivity contribution is 6.13. The molecule has 8 nitrogen and oxygen atoms in total. The van der Waals surface area contributed by atoms with Crippen LogP contribution in [0.5, 0.6) is 5.75 Å². The second-order valence-corrected chi connectivity index (χ2v) is 13.9. The molecule has 6 atom stereocenters. The van der Waals surface area contributed by atoms with Gasteiger partial charge in [0, 0.05) is 5.92 Å². The van der Waals surface area contributed by atoms with Crippen LogP contribution in [0.2, 0.25) is 0 Å². The van der Waals surface area contributed by atoms with Crippen LogP contribution in [0, 0.1) is 37.5 Å². The lowest BCUT2D eigenvalue weighted by Crippen LogP contribution is -2.53. The zero-order chi connectivity index (χ0) is 34.0. The number of fused-ring (bicyclic) bond motifs is 4. The molecule has 246 valence electrons. The Bertz CT molecular complexity index is 2030. The van der Waals surface area contributed by atoms with Gasteiger partial charge in [-0.2, -0.15) is 5.01 Å². The fraction of sp³-hybridized carbons (Fsp3) is 0.268. The lowest BCUT2D eigenvalue weighted by Gasteiger charge is -2.50. The number of imide groups is 2. The number of phenols is 1. The summed E-state index contributed by atoms with van der Waals surface area (Å²) in [6.45, 7) is 3.97. The van der Waals surface area contributed by atoms with Crippen LogP contribution in [0.1, 0.15) is 46.6 Å². The van der Waals surface area contributed by atoms with Crippen molar-refractivity contribution >= 4 is 29.3 Å². The van der Waals surface area contributed by atoms with Gasteiger partial charge in [0.25, 0.3) is 11.8 Å². The molecule has 2 aliphatic carbocycles. The van der Waals surface area contributed by atoms with Gasteiger partial charge in [0.15, 0.2) is 0 Å². The van der Waals surface area contributed by atoms with E-state index in [2.05, 4.69) is 11.5 Å². The van der Waals surface area contributed by atoms with Crippen LogP contribution in [-0.4, -0.2) is 38.6 Å². The van der Waals surface area contributed by atoms with Crippen LogP contribution in [0.15, 0.2) is 115 Å². The van der Waals surface area contributed by atoms with E-state index >= 15 is 4.79 Å². The van der Waals surface area contributed by atoms with Gasteiger partial charge in [0.1, 0.15) is 5.75 Å². The molecule has 6 unspecified atom stereocenters. The number of carbonyl (C=O) groups is 4. The number of phenolic OH excluding ortho intramolecular Hbond substituents is 1. The van der Waals surface area contributed by atoms with Crippen molar-refractivity contribution in [1.29, 1.82) is 0 Å². The van der Waals surface area contributed by atoms with Crippen LogP contribution in [-0.2, 0) is 31.1 Å². The first kappa shape index (κ1) is 30.8. The molecule has 4 aliphatic rings. The summed E-state index contributed by atoms with van der Waals surface area (Å²) in [5.74, 6) is -4.11. The average molecular weight is 652 g/mol. The van der Waals surface area contributed by atoms with Gasteiger partial charge >= 0.3 is 0 Å². The summed E-state index contributed by atoms with van der Waals surface area (Å²) in [4.78, 5) is 59.5. The maximum absolute atomic E-state index is 15.2. The lowest BCUT2D eigenvalue weighted by atomic mass is 9.49. The largest absolute Gasteiger partial charge is 0.508 e. The highest BCUT2D eigenvalue weighted by Crippen LogP contribution is 2.64. The molecule has 4 amide bonds. The normalized spacial score (nSPS) is 27.5. The number of nitrogens with one attached hydrogen (secondary N) is 1. The molecule has 8 rings (SSSR count). The van der Waals surface area contributed by atoms with Gasteiger partial charge < -0.3 is 5.11 Å². The standard InChI is InChI=1S/C41H37N3O5/c1-24-13-16-29(17-14-24)42-44-38(47)33-22-32-30(18-19-31-35(32)39(48)43(37(31)46)23-26-9-5-3-6-10-26)36(27-15-20-34(45)25(2)21-27)41(33,40(44)49)28-11-7-4-8-12-28/h3-18,20-21,31-33,35-36,42,45H,19,22-23H2,1-2H3. The van der Waals surface area contributed by atoms with Crippen LogP contribution >= 0.6 is 0 Å². The van der Waals surface area contributed by atoms with Crippen molar-refractivity contribution in [3.8, 4) is 5.75 Å². The van der Waals surface area contributed by atoms with Crippen molar-refractivity contribution in [3.63, 3.8) is 0 Å². The molecule has 3 fully saturated rings. The fourth-order valence-electron chi connectivity index (χ4n) is 8.97. The molecule has 4 aromatic carbocycles. The number of allylic oxidation sites excluding steroid dienone is 2. The van der Waals surface area contributed by atoms with Gasteiger partial charge in [-0.25, -0.2) is 0 Å². The van der Waals surface area contributed by atoms with E-state index in [4.69, 9.17) is 0 Å². The van der Waals surface area contributed by atoms with Crippen molar-refractivity contribution in [2.75, 3.05) is 5.43 Å². The second kappa shape index (κ2) is 11.6. The van der Waals surface area contributed by atoms with E-state index in [9.17, 15) is 19.5 Å². The fourth-order valence-corrected chi connectivity index (χ4v) is 8.97. The number of hydrogen-bond acceptors (Lipinski definition) is 6. The van der Waals surface area contributed by atoms with E-state index < -0.39 is 35.0 Å². The molecule has 8 heteroatoms. The number of benzene rings is 4. The van der Waals surface area contributed by atoms with Crippen molar-refractivity contribution < 1.29 is 24.3 Å². The van der Waals surface area contributed by atoms with Crippen molar-refractivity contribution in [1.82, 2.24) is 9.91 Å². The number of aromatic hydroxyl groups is 1. The van der Waals surface area contributed by atoms with E-state index in [1.807, 2.05) is 111 Å². The molecule has 49 heavy (non-hydrogen) atoms.